The molecule has 0 radical (unpaired) electrons. The van der Waals surface area contributed by atoms with Crippen LogP contribution >= 0.6 is 0 Å². The van der Waals surface area contributed by atoms with Gasteiger partial charge in [-0.25, -0.2) is 4.98 Å². The molecule has 0 amide bonds. The highest BCUT2D eigenvalue weighted by Gasteiger charge is 2.58. The summed E-state index contributed by atoms with van der Waals surface area (Å²) in [4.78, 5) is 4.14. The summed E-state index contributed by atoms with van der Waals surface area (Å²) >= 11 is 0. The standard InChI is InChI=1S/C26H29N3O3/c1-17(31)25-28-14-15-29(25)21(16-30)11-6-18-4-7-19(8-5-18)20-9-12-22(13-10-20)32-24-23(27)26(24,2)3/h4-5,7-10,12-15,17,21,23-24,30-31H,16,27H2,1-3H3. The van der Waals surface area contributed by atoms with Crippen LogP contribution in [0.5, 0.6) is 5.75 Å². The number of imidazole rings is 1. The van der Waals surface area contributed by atoms with Crippen molar-refractivity contribution in [2.45, 2.75) is 45.1 Å². The number of nitrogens with two attached hydrogens (primary N) is 1. The van der Waals surface area contributed by atoms with Gasteiger partial charge in [0.2, 0.25) is 0 Å². The van der Waals surface area contributed by atoms with Crippen molar-refractivity contribution in [3.8, 4) is 28.7 Å². The number of aromatic nitrogens is 2. The second-order valence-corrected chi connectivity index (χ2v) is 8.82. The number of nitrogens with zero attached hydrogens (tertiary/aromatic N) is 2. The van der Waals surface area contributed by atoms with E-state index in [1.807, 2.05) is 48.5 Å². The van der Waals surface area contributed by atoms with Crippen LogP contribution in [0.25, 0.3) is 11.1 Å². The summed E-state index contributed by atoms with van der Waals surface area (Å²) in [6, 6.07) is 15.6. The monoisotopic (exact) mass is 431 g/mol. The Morgan fingerprint density at radius 2 is 1.72 bits per heavy atom. The smallest absolute Gasteiger partial charge is 0.138 e. The number of aliphatic hydroxyl groups is 2. The van der Waals surface area contributed by atoms with Crippen LogP contribution in [0.3, 0.4) is 0 Å². The van der Waals surface area contributed by atoms with Gasteiger partial charge >= 0.3 is 0 Å². The second kappa shape index (κ2) is 8.79. The van der Waals surface area contributed by atoms with Gasteiger partial charge in [-0.1, -0.05) is 50.0 Å². The molecule has 1 saturated carbocycles. The van der Waals surface area contributed by atoms with Crippen molar-refractivity contribution in [3.05, 3.63) is 72.3 Å². The van der Waals surface area contributed by atoms with E-state index in [9.17, 15) is 10.2 Å². The highest BCUT2D eigenvalue weighted by Crippen LogP contribution is 2.46. The van der Waals surface area contributed by atoms with Crippen LogP contribution < -0.4 is 10.5 Å². The topological polar surface area (TPSA) is 93.5 Å². The van der Waals surface area contributed by atoms with Crippen molar-refractivity contribution >= 4 is 0 Å². The van der Waals surface area contributed by atoms with E-state index in [0.717, 1.165) is 22.4 Å². The van der Waals surface area contributed by atoms with Gasteiger partial charge in [0, 0.05) is 23.4 Å². The van der Waals surface area contributed by atoms with Crippen molar-refractivity contribution in [3.63, 3.8) is 0 Å². The summed E-state index contributed by atoms with van der Waals surface area (Å²) < 4.78 is 7.70. The van der Waals surface area contributed by atoms with Crippen molar-refractivity contribution < 1.29 is 14.9 Å². The van der Waals surface area contributed by atoms with Gasteiger partial charge in [-0.2, -0.15) is 0 Å². The summed E-state index contributed by atoms with van der Waals surface area (Å²) in [6.45, 7) is 5.70. The van der Waals surface area contributed by atoms with Gasteiger partial charge in [-0.3, -0.25) is 0 Å². The molecule has 0 spiro atoms. The van der Waals surface area contributed by atoms with Crippen LogP contribution in [0.2, 0.25) is 0 Å². The molecule has 3 aromatic rings. The Morgan fingerprint density at radius 1 is 1.12 bits per heavy atom. The Morgan fingerprint density at radius 3 is 2.25 bits per heavy atom. The number of benzene rings is 2. The average molecular weight is 432 g/mol. The van der Waals surface area contributed by atoms with E-state index >= 15 is 0 Å². The maximum atomic E-state index is 9.83. The Labute approximate surface area is 188 Å². The highest BCUT2D eigenvalue weighted by molar-refractivity contribution is 5.65. The maximum Gasteiger partial charge on any atom is 0.138 e. The minimum atomic E-state index is -0.732. The third-order valence-electron chi connectivity index (χ3n) is 6.11. The lowest BCUT2D eigenvalue weighted by atomic mass is 10.0. The molecule has 0 bridgehead atoms. The zero-order chi connectivity index (χ0) is 22.9. The molecule has 1 aromatic heterocycles. The van der Waals surface area contributed by atoms with Crippen LogP contribution in [-0.4, -0.2) is 38.5 Å². The van der Waals surface area contributed by atoms with Gasteiger partial charge < -0.3 is 25.3 Å². The van der Waals surface area contributed by atoms with E-state index in [1.165, 1.54) is 0 Å². The van der Waals surface area contributed by atoms with Gasteiger partial charge in [-0.05, 0) is 42.3 Å². The van der Waals surface area contributed by atoms with Crippen molar-refractivity contribution in [1.82, 2.24) is 9.55 Å². The Hall–Kier alpha value is -3.11. The van der Waals surface area contributed by atoms with E-state index in [4.69, 9.17) is 10.5 Å². The van der Waals surface area contributed by atoms with Gasteiger partial charge in [-0.15, -0.1) is 0 Å². The van der Waals surface area contributed by atoms with Crippen LogP contribution in [0.15, 0.2) is 60.9 Å². The average Bonchev–Trinajstić information content (AvgIpc) is 3.14. The number of aliphatic hydroxyl groups excluding tert-OH is 2. The molecule has 1 heterocycles. The van der Waals surface area contributed by atoms with E-state index in [1.54, 1.807) is 23.9 Å². The van der Waals surface area contributed by atoms with Crippen molar-refractivity contribution in [2.75, 3.05) is 6.61 Å². The van der Waals surface area contributed by atoms with E-state index < -0.39 is 12.1 Å². The molecular weight excluding hydrogens is 402 g/mol. The molecule has 1 fully saturated rings. The molecular formula is C26H29N3O3. The third kappa shape index (κ3) is 4.42. The van der Waals surface area contributed by atoms with Crippen molar-refractivity contribution in [2.24, 2.45) is 11.1 Å². The Kier molecular flexibility index (Phi) is 6.07. The van der Waals surface area contributed by atoms with Gasteiger partial charge in [0.1, 0.15) is 29.8 Å². The van der Waals surface area contributed by atoms with Crippen molar-refractivity contribution in [1.29, 1.82) is 0 Å². The number of hydrogen-bond donors (Lipinski definition) is 3. The van der Waals surface area contributed by atoms with Gasteiger partial charge in [0.25, 0.3) is 0 Å². The molecule has 1 aliphatic rings. The van der Waals surface area contributed by atoms with Gasteiger partial charge in [0.15, 0.2) is 0 Å². The number of hydrogen-bond acceptors (Lipinski definition) is 5. The summed E-state index contributed by atoms with van der Waals surface area (Å²) in [6.07, 6.45) is 2.64. The fourth-order valence-corrected chi connectivity index (χ4v) is 3.75. The maximum absolute atomic E-state index is 9.83. The lowest BCUT2D eigenvalue weighted by Gasteiger charge is -2.14. The molecule has 4 N–H and O–H groups in total. The van der Waals surface area contributed by atoms with Crippen LogP contribution in [0, 0.1) is 17.3 Å². The first kappa shape index (κ1) is 22.1. The zero-order valence-corrected chi connectivity index (χ0v) is 18.6. The van der Waals surface area contributed by atoms with Gasteiger partial charge in [0.05, 0.1) is 12.6 Å². The first-order valence-corrected chi connectivity index (χ1v) is 10.8. The quantitative estimate of drug-likeness (QED) is 0.521. The fraction of sp³-hybridized carbons (Fsp3) is 0.346. The van der Waals surface area contributed by atoms with Crippen LogP contribution in [0.4, 0.5) is 0 Å². The van der Waals surface area contributed by atoms with E-state index in [2.05, 4.69) is 30.7 Å². The SMILES string of the molecule is CC(O)c1nccn1C(C#Cc1ccc(-c2ccc(OC3C(N)C3(C)C)cc2)cc1)CO. The van der Waals surface area contributed by atoms with E-state index in [0.29, 0.717) is 5.82 Å². The molecule has 0 saturated heterocycles. The predicted molar refractivity (Wildman–Crippen MR) is 124 cm³/mol. The number of rotatable bonds is 6. The molecule has 1 aliphatic carbocycles. The minimum absolute atomic E-state index is 0.0281. The molecule has 4 atom stereocenters. The Bertz CT molecular complexity index is 1120. The minimum Gasteiger partial charge on any atom is -0.488 e. The normalized spacial score (nSPS) is 20.7. The Balaban J connectivity index is 1.44. The predicted octanol–water partition coefficient (Wildman–Crippen LogP) is 3.30. The molecule has 166 valence electrons. The van der Waals surface area contributed by atoms with E-state index in [-0.39, 0.29) is 24.2 Å². The summed E-state index contributed by atoms with van der Waals surface area (Å²) in [7, 11) is 0. The molecule has 4 rings (SSSR count). The summed E-state index contributed by atoms with van der Waals surface area (Å²) in [5.41, 5.74) is 9.10. The summed E-state index contributed by atoms with van der Waals surface area (Å²) in [5.74, 6) is 7.48. The first-order valence-electron chi connectivity index (χ1n) is 10.8. The molecule has 0 aliphatic heterocycles. The highest BCUT2D eigenvalue weighted by atomic mass is 16.5. The van der Waals surface area contributed by atoms with Crippen LogP contribution in [-0.2, 0) is 0 Å². The molecule has 6 nitrogen and oxygen atoms in total. The molecule has 2 aromatic carbocycles. The lowest BCUT2D eigenvalue weighted by Crippen LogP contribution is -2.15. The second-order valence-electron chi connectivity index (χ2n) is 8.82. The molecule has 32 heavy (non-hydrogen) atoms. The molecule has 6 heteroatoms. The first-order chi connectivity index (χ1) is 15.3. The fourth-order valence-electron chi connectivity index (χ4n) is 3.75. The summed E-state index contributed by atoms with van der Waals surface area (Å²) in [5, 5.41) is 19.6. The molecule has 4 unspecified atom stereocenters. The zero-order valence-electron chi connectivity index (χ0n) is 18.6. The number of ether oxygens (including phenoxy) is 1. The van der Waals surface area contributed by atoms with Crippen LogP contribution in [0.1, 0.15) is 44.3 Å². The lowest BCUT2D eigenvalue weighted by molar-refractivity contribution is 0.176. The third-order valence-corrected chi connectivity index (χ3v) is 6.11. The largest absolute Gasteiger partial charge is 0.488 e.